The molecule has 0 aliphatic heterocycles. The van der Waals surface area contributed by atoms with Gasteiger partial charge in [-0.2, -0.15) is 0 Å². The number of hydrogen-bond acceptors (Lipinski definition) is 3. The maximum atomic E-state index is 10.3. The lowest BCUT2D eigenvalue weighted by Gasteiger charge is -2.01. The van der Waals surface area contributed by atoms with Crippen LogP contribution < -0.4 is 0 Å². The molecule has 0 fully saturated rings. The number of aldehydes is 1. The second-order valence-corrected chi connectivity index (χ2v) is 2.16. The zero-order valence-electron chi connectivity index (χ0n) is 6.38. The fraction of sp³-hybridized carbons (Fsp3) is 0.667. The Morgan fingerprint density at radius 2 is 2.42 bits per heavy atom. The highest BCUT2D eigenvalue weighted by Gasteiger charge is 2.13. The summed E-state index contributed by atoms with van der Waals surface area (Å²) >= 11 is 0. The highest BCUT2D eigenvalue weighted by molar-refractivity contribution is 5.73. The summed E-state index contributed by atoms with van der Waals surface area (Å²) in [6.07, 6.45) is 1.64. The van der Waals surface area contributed by atoms with Crippen LogP contribution in [0.4, 0.5) is 0 Å². The molecule has 66 valence electrons. The predicted octanol–water partition coefficient (Wildman–Crippen LogP) is 1.12. The van der Waals surface area contributed by atoms with Gasteiger partial charge in [-0.05, 0) is 18.4 Å². The zero-order valence-corrected chi connectivity index (χ0v) is 6.38. The third-order valence-corrected chi connectivity index (χ3v) is 1.28. The van der Waals surface area contributed by atoms with Crippen LogP contribution in [0.1, 0.15) is 19.3 Å². The highest BCUT2D eigenvalue weighted by atomic mass is 16.4. The number of carbonyl (C=O) groups is 2. The minimum atomic E-state index is -1.15. The number of hydrogen-bond donors (Lipinski definition) is 1. The molecule has 0 aromatic carbocycles. The van der Waals surface area contributed by atoms with Crippen LogP contribution >= 0.6 is 0 Å². The first-order valence-corrected chi connectivity index (χ1v) is 3.43. The van der Waals surface area contributed by atoms with Crippen molar-refractivity contribution in [3.05, 3.63) is 10.4 Å². The molecule has 0 spiro atoms. The van der Waals surface area contributed by atoms with Crippen LogP contribution in [0.3, 0.4) is 0 Å². The predicted molar refractivity (Wildman–Crippen MR) is 40.5 cm³/mol. The molecule has 0 unspecified atom stereocenters. The Balaban J connectivity index is 3.87. The second-order valence-electron chi connectivity index (χ2n) is 2.16. The maximum absolute atomic E-state index is 10.3. The maximum Gasteiger partial charge on any atom is 0.312 e. The number of rotatable bonds is 6. The molecular formula is C6H9N3O3. The molecule has 0 radical (unpaired) electrons. The Kier molecular flexibility index (Phi) is 5.38. The lowest BCUT2D eigenvalue weighted by atomic mass is 10.1. The summed E-state index contributed by atoms with van der Waals surface area (Å²) in [4.78, 5) is 22.6. The van der Waals surface area contributed by atoms with Crippen LogP contribution in [0, 0.1) is 0 Å². The van der Waals surface area contributed by atoms with Crippen LogP contribution in [-0.2, 0) is 9.59 Å². The number of carbonyl (C=O) groups excluding carboxylic acids is 1. The Bertz CT molecular complexity index is 208. The van der Waals surface area contributed by atoms with Gasteiger partial charge < -0.3 is 9.90 Å². The number of unbranched alkanes of at least 4 members (excludes halogenated alkanes) is 1. The molecule has 12 heavy (non-hydrogen) atoms. The topological polar surface area (TPSA) is 103 Å². The van der Waals surface area contributed by atoms with Gasteiger partial charge in [-0.1, -0.05) is 5.11 Å². The summed E-state index contributed by atoms with van der Waals surface area (Å²) in [6, 6.07) is -1.05. The van der Waals surface area contributed by atoms with Gasteiger partial charge in [-0.3, -0.25) is 4.79 Å². The van der Waals surface area contributed by atoms with E-state index in [-0.39, 0.29) is 6.42 Å². The van der Waals surface area contributed by atoms with Gasteiger partial charge in [0, 0.05) is 11.3 Å². The molecule has 0 saturated heterocycles. The summed E-state index contributed by atoms with van der Waals surface area (Å²) < 4.78 is 0. The average molecular weight is 171 g/mol. The quantitative estimate of drug-likeness (QED) is 0.213. The first-order chi connectivity index (χ1) is 5.72. The summed E-state index contributed by atoms with van der Waals surface area (Å²) in [5.74, 6) is -1.15. The molecule has 0 aliphatic rings. The Morgan fingerprint density at radius 1 is 1.75 bits per heavy atom. The first kappa shape index (κ1) is 10.4. The van der Waals surface area contributed by atoms with Crippen LogP contribution in [0.25, 0.3) is 10.4 Å². The van der Waals surface area contributed by atoms with Crippen molar-refractivity contribution in [1.29, 1.82) is 0 Å². The van der Waals surface area contributed by atoms with E-state index in [2.05, 4.69) is 10.0 Å². The van der Waals surface area contributed by atoms with Crippen molar-refractivity contribution in [2.45, 2.75) is 25.3 Å². The van der Waals surface area contributed by atoms with Crippen molar-refractivity contribution in [3.63, 3.8) is 0 Å². The number of carboxylic acids is 1. The van der Waals surface area contributed by atoms with E-state index < -0.39 is 12.0 Å². The van der Waals surface area contributed by atoms with Crippen molar-refractivity contribution in [1.82, 2.24) is 0 Å². The van der Waals surface area contributed by atoms with E-state index >= 15 is 0 Å². The molecule has 0 aliphatic carbocycles. The minimum Gasteiger partial charge on any atom is -0.481 e. The third kappa shape index (κ3) is 4.29. The van der Waals surface area contributed by atoms with Gasteiger partial charge in [0.1, 0.15) is 12.3 Å². The van der Waals surface area contributed by atoms with E-state index in [1.54, 1.807) is 0 Å². The van der Waals surface area contributed by atoms with Crippen molar-refractivity contribution >= 4 is 12.3 Å². The molecule has 6 heteroatoms. The van der Waals surface area contributed by atoms with Crippen molar-refractivity contribution in [2.75, 3.05) is 0 Å². The number of azide groups is 1. The van der Waals surface area contributed by atoms with E-state index in [9.17, 15) is 9.59 Å². The van der Waals surface area contributed by atoms with Crippen molar-refractivity contribution < 1.29 is 14.7 Å². The summed E-state index contributed by atoms with van der Waals surface area (Å²) in [6.45, 7) is 0. The van der Waals surface area contributed by atoms with Crippen LogP contribution in [-0.4, -0.2) is 23.4 Å². The molecule has 0 rings (SSSR count). The van der Waals surface area contributed by atoms with Crippen molar-refractivity contribution in [3.8, 4) is 0 Å². The first-order valence-electron chi connectivity index (χ1n) is 3.43. The lowest BCUT2D eigenvalue weighted by Crippen LogP contribution is -2.16. The molecule has 0 bridgehead atoms. The van der Waals surface area contributed by atoms with Crippen LogP contribution in [0.2, 0.25) is 0 Å². The van der Waals surface area contributed by atoms with E-state index in [1.807, 2.05) is 0 Å². The lowest BCUT2D eigenvalue weighted by molar-refractivity contribution is -0.138. The Hall–Kier alpha value is -1.55. The highest BCUT2D eigenvalue weighted by Crippen LogP contribution is 2.04. The van der Waals surface area contributed by atoms with Gasteiger partial charge in [0.2, 0.25) is 0 Å². The average Bonchev–Trinajstić information content (AvgIpc) is 2.03. The smallest absolute Gasteiger partial charge is 0.312 e. The van der Waals surface area contributed by atoms with Crippen molar-refractivity contribution in [2.24, 2.45) is 5.11 Å². The largest absolute Gasteiger partial charge is 0.481 e. The SMILES string of the molecule is [N-]=[N+]=N[C@@H](CCCC=O)C(=O)O. The Morgan fingerprint density at radius 3 is 2.83 bits per heavy atom. The number of nitrogens with zero attached hydrogens (tertiary/aromatic N) is 3. The van der Waals surface area contributed by atoms with Gasteiger partial charge in [-0.25, -0.2) is 0 Å². The fourth-order valence-corrected chi connectivity index (χ4v) is 0.687. The second kappa shape index (κ2) is 6.18. The minimum absolute atomic E-state index is 0.206. The Labute approximate surface area is 68.8 Å². The van der Waals surface area contributed by atoms with Gasteiger partial charge >= 0.3 is 5.97 Å². The molecule has 0 saturated carbocycles. The molecule has 6 nitrogen and oxygen atoms in total. The van der Waals surface area contributed by atoms with E-state index in [0.29, 0.717) is 19.1 Å². The number of carboxylic acid groups (broad SMARTS) is 1. The zero-order chi connectivity index (χ0) is 9.40. The van der Waals surface area contributed by atoms with E-state index in [4.69, 9.17) is 10.6 Å². The molecule has 0 heterocycles. The third-order valence-electron chi connectivity index (χ3n) is 1.28. The molecular weight excluding hydrogens is 162 g/mol. The summed E-state index contributed by atoms with van der Waals surface area (Å²) in [5, 5.41) is 11.5. The van der Waals surface area contributed by atoms with Crippen LogP contribution in [0.5, 0.6) is 0 Å². The summed E-state index contributed by atoms with van der Waals surface area (Å²) in [7, 11) is 0. The molecule has 1 N–H and O–H groups in total. The monoisotopic (exact) mass is 171 g/mol. The standard InChI is InChI=1S/C6H9N3O3/c7-9-8-5(6(11)12)3-1-2-4-10/h4-5H,1-3H2,(H,11,12)/t5-/m0/s1. The molecule has 0 amide bonds. The molecule has 0 aromatic heterocycles. The molecule has 0 aromatic rings. The summed E-state index contributed by atoms with van der Waals surface area (Å²) in [5.41, 5.74) is 7.97. The van der Waals surface area contributed by atoms with Gasteiger partial charge in [0.05, 0.1) is 0 Å². The van der Waals surface area contributed by atoms with E-state index in [0.717, 1.165) is 0 Å². The fourth-order valence-electron chi connectivity index (χ4n) is 0.687. The van der Waals surface area contributed by atoms with Gasteiger partial charge in [0.15, 0.2) is 0 Å². The molecule has 1 atom stereocenters. The van der Waals surface area contributed by atoms with Gasteiger partial charge in [-0.15, -0.1) is 0 Å². The van der Waals surface area contributed by atoms with Gasteiger partial charge in [0.25, 0.3) is 0 Å². The normalized spacial score (nSPS) is 11.3. The number of aliphatic carboxylic acids is 1. The van der Waals surface area contributed by atoms with E-state index in [1.165, 1.54) is 0 Å². The van der Waals surface area contributed by atoms with Crippen LogP contribution in [0.15, 0.2) is 5.11 Å².